The molecule has 2 N–H and O–H groups in total. The average Bonchev–Trinajstić information content (AvgIpc) is 2.73. The first kappa shape index (κ1) is 19.5. The molecule has 0 fully saturated rings. The minimum absolute atomic E-state index is 0.205. The minimum Gasteiger partial charge on any atom is -0.497 e. The Hall–Kier alpha value is -3.25. The lowest BCUT2D eigenvalue weighted by atomic mass is 10.2. The smallest absolute Gasteiger partial charge is 0.252 e. The number of carbonyl (C=O) groups is 1. The van der Waals surface area contributed by atoms with Gasteiger partial charge < -0.3 is 20.1 Å². The zero-order valence-corrected chi connectivity index (χ0v) is 16.1. The van der Waals surface area contributed by atoms with Gasteiger partial charge in [0.15, 0.2) is 0 Å². The molecule has 1 amide bonds. The topological polar surface area (TPSA) is 72.5 Å². The van der Waals surface area contributed by atoms with Crippen molar-refractivity contribution < 1.29 is 14.3 Å². The summed E-state index contributed by atoms with van der Waals surface area (Å²) in [6, 6.07) is 18.0. The maximum atomic E-state index is 12.2. The van der Waals surface area contributed by atoms with E-state index in [9.17, 15) is 4.79 Å². The van der Waals surface area contributed by atoms with Crippen LogP contribution in [0, 0.1) is 0 Å². The van der Waals surface area contributed by atoms with Gasteiger partial charge in [0.2, 0.25) is 0 Å². The number of hydrogen-bond acceptors (Lipinski definition) is 5. The third-order valence-corrected chi connectivity index (χ3v) is 4.11. The van der Waals surface area contributed by atoms with E-state index >= 15 is 0 Å². The highest BCUT2D eigenvalue weighted by Gasteiger charge is 2.06. The molecule has 0 aliphatic heterocycles. The lowest BCUT2D eigenvalue weighted by molar-refractivity contribution is 0.0946. The molecule has 3 rings (SSSR count). The first-order valence-electron chi connectivity index (χ1n) is 8.68. The highest BCUT2D eigenvalue weighted by molar-refractivity contribution is 6.30. The Morgan fingerprint density at radius 2 is 1.71 bits per heavy atom. The number of halogens is 1. The van der Waals surface area contributed by atoms with E-state index in [0.717, 1.165) is 11.4 Å². The van der Waals surface area contributed by atoms with Gasteiger partial charge in [0.05, 0.1) is 19.2 Å². The van der Waals surface area contributed by atoms with Gasteiger partial charge in [0.1, 0.15) is 23.9 Å². The molecule has 0 saturated carbocycles. The molecule has 0 spiro atoms. The summed E-state index contributed by atoms with van der Waals surface area (Å²) in [4.78, 5) is 16.4. The molecule has 0 unspecified atom stereocenters. The molecular formula is C21H20ClN3O3. The summed E-state index contributed by atoms with van der Waals surface area (Å²) in [6.45, 7) is 0.747. The van der Waals surface area contributed by atoms with Gasteiger partial charge in [-0.25, -0.2) is 4.98 Å². The van der Waals surface area contributed by atoms with Crippen LogP contribution in [0.2, 0.25) is 5.02 Å². The van der Waals surface area contributed by atoms with Crippen LogP contribution in [0.3, 0.4) is 0 Å². The predicted octanol–water partition coefficient (Wildman–Crippen LogP) is 4.30. The first-order chi connectivity index (χ1) is 13.6. The Kier molecular flexibility index (Phi) is 6.70. The number of amides is 1. The van der Waals surface area contributed by atoms with Crippen LogP contribution < -0.4 is 20.1 Å². The van der Waals surface area contributed by atoms with Crippen molar-refractivity contribution >= 4 is 29.0 Å². The molecule has 2 aromatic carbocycles. The number of anilines is 2. The molecule has 1 heterocycles. The van der Waals surface area contributed by atoms with E-state index in [1.54, 1.807) is 31.4 Å². The summed E-state index contributed by atoms with van der Waals surface area (Å²) in [5, 5.41) is 6.62. The fraction of sp³-hybridized carbons (Fsp3) is 0.143. The Labute approximate surface area is 168 Å². The zero-order chi connectivity index (χ0) is 19.8. The van der Waals surface area contributed by atoms with Crippen LogP contribution in [0.4, 0.5) is 11.5 Å². The van der Waals surface area contributed by atoms with Gasteiger partial charge in [-0.15, -0.1) is 0 Å². The number of nitrogens with zero attached hydrogens (tertiary/aromatic N) is 1. The van der Waals surface area contributed by atoms with Gasteiger partial charge >= 0.3 is 0 Å². The average molecular weight is 398 g/mol. The Morgan fingerprint density at radius 1 is 1.00 bits per heavy atom. The van der Waals surface area contributed by atoms with Crippen molar-refractivity contribution in [1.29, 1.82) is 0 Å². The van der Waals surface area contributed by atoms with Crippen LogP contribution in [0.15, 0.2) is 66.9 Å². The van der Waals surface area contributed by atoms with Gasteiger partial charge in [-0.2, -0.15) is 0 Å². The van der Waals surface area contributed by atoms with Crippen molar-refractivity contribution in [2.45, 2.75) is 0 Å². The minimum atomic E-state index is -0.205. The summed E-state index contributed by atoms with van der Waals surface area (Å²) < 4.78 is 10.7. The van der Waals surface area contributed by atoms with Gasteiger partial charge in [0, 0.05) is 16.9 Å². The van der Waals surface area contributed by atoms with E-state index in [1.165, 1.54) is 6.20 Å². The second kappa shape index (κ2) is 9.62. The summed E-state index contributed by atoms with van der Waals surface area (Å²) in [5.41, 5.74) is 1.34. The molecule has 0 aliphatic carbocycles. The van der Waals surface area contributed by atoms with Crippen molar-refractivity contribution in [2.75, 3.05) is 25.6 Å². The van der Waals surface area contributed by atoms with Crippen molar-refractivity contribution in [1.82, 2.24) is 10.3 Å². The number of nitrogens with one attached hydrogen (secondary N) is 2. The van der Waals surface area contributed by atoms with Gasteiger partial charge in [-0.05, 0) is 60.7 Å². The number of benzene rings is 2. The number of rotatable bonds is 8. The number of pyridine rings is 1. The van der Waals surface area contributed by atoms with Gasteiger partial charge in [0.25, 0.3) is 5.91 Å². The quantitative estimate of drug-likeness (QED) is 0.554. The Morgan fingerprint density at radius 3 is 2.36 bits per heavy atom. The van der Waals surface area contributed by atoms with Crippen molar-refractivity contribution in [3.05, 3.63) is 77.4 Å². The Balaban J connectivity index is 1.44. The molecule has 0 saturated heterocycles. The summed E-state index contributed by atoms with van der Waals surface area (Å²) in [5.74, 6) is 1.92. The molecule has 0 bridgehead atoms. The standard InChI is InChI=1S/C21H20ClN3O3/c1-27-18-7-9-19(10-8-18)28-13-12-23-21(26)15-2-11-20(24-14-15)25-17-5-3-16(22)4-6-17/h2-11,14H,12-13H2,1H3,(H,23,26)(H,24,25). The largest absolute Gasteiger partial charge is 0.497 e. The summed E-state index contributed by atoms with van der Waals surface area (Å²) in [7, 11) is 1.61. The molecule has 3 aromatic rings. The van der Waals surface area contributed by atoms with Crippen LogP contribution >= 0.6 is 11.6 Å². The summed E-state index contributed by atoms with van der Waals surface area (Å²) in [6.07, 6.45) is 1.53. The molecule has 7 heteroatoms. The molecule has 6 nitrogen and oxygen atoms in total. The fourth-order valence-electron chi connectivity index (χ4n) is 2.39. The van der Waals surface area contributed by atoms with E-state index < -0.39 is 0 Å². The molecule has 1 aromatic heterocycles. The van der Waals surface area contributed by atoms with E-state index in [2.05, 4.69) is 15.6 Å². The number of methoxy groups -OCH3 is 1. The van der Waals surface area contributed by atoms with E-state index in [0.29, 0.717) is 35.3 Å². The normalized spacial score (nSPS) is 10.2. The fourth-order valence-corrected chi connectivity index (χ4v) is 2.52. The van der Waals surface area contributed by atoms with Crippen LogP contribution in [0.1, 0.15) is 10.4 Å². The van der Waals surface area contributed by atoms with Crippen molar-refractivity contribution in [3.63, 3.8) is 0 Å². The van der Waals surface area contributed by atoms with Gasteiger partial charge in [-0.3, -0.25) is 4.79 Å². The molecule has 0 radical (unpaired) electrons. The molecule has 144 valence electrons. The molecular weight excluding hydrogens is 378 g/mol. The monoisotopic (exact) mass is 397 g/mol. The van der Waals surface area contributed by atoms with Crippen molar-refractivity contribution in [2.24, 2.45) is 0 Å². The maximum Gasteiger partial charge on any atom is 0.252 e. The summed E-state index contributed by atoms with van der Waals surface area (Å²) >= 11 is 5.87. The zero-order valence-electron chi connectivity index (χ0n) is 15.3. The van der Waals surface area contributed by atoms with E-state index in [1.807, 2.05) is 36.4 Å². The highest BCUT2D eigenvalue weighted by Crippen LogP contribution is 2.18. The number of hydrogen-bond donors (Lipinski definition) is 2. The third kappa shape index (κ3) is 5.62. The first-order valence-corrected chi connectivity index (χ1v) is 9.05. The second-order valence-electron chi connectivity index (χ2n) is 5.84. The number of aromatic nitrogens is 1. The lowest BCUT2D eigenvalue weighted by Crippen LogP contribution is -2.28. The molecule has 0 aliphatic rings. The van der Waals surface area contributed by atoms with Gasteiger partial charge in [-0.1, -0.05) is 11.6 Å². The molecule has 28 heavy (non-hydrogen) atoms. The van der Waals surface area contributed by atoms with Crippen LogP contribution in [-0.2, 0) is 0 Å². The third-order valence-electron chi connectivity index (χ3n) is 3.86. The lowest BCUT2D eigenvalue weighted by Gasteiger charge is -2.09. The van der Waals surface area contributed by atoms with Crippen LogP contribution in [0.5, 0.6) is 11.5 Å². The van der Waals surface area contributed by atoms with E-state index in [-0.39, 0.29) is 5.91 Å². The number of ether oxygens (including phenoxy) is 2. The van der Waals surface area contributed by atoms with Crippen LogP contribution in [0.25, 0.3) is 0 Å². The highest BCUT2D eigenvalue weighted by atomic mass is 35.5. The Bertz CT molecular complexity index is 898. The second-order valence-corrected chi connectivity index (χ2v) is 6.28. The van der Waals surface area contributed by atoms with E-state index in [4.69, 9.17) is 21.1 Å². The van der Waals surface area contributed by atoms with Crippen LogP contribution in [-0.4, -0.2) is 31.2 Å². The molecule has 0 atom stereocenters. The predicted molar refractivity (Wildman–Crippen MR) is 110 cm³/mol. The maximum absolute atomic E-state index is 12.2. The SMILES string of the molecule is COc1ccc(OCCNC(=O)c2ccc(Nc3ccc(Cl)cc3)nc2)cc1. The van der Waals surface area contributed by atoms with Crippen molar-refractivity contribution in [3.8, 4) is 11.5 Å². The number of carbonyl (C=O) groups excluding carboxylic acids is 1.